The predicted octanol–water partition coefficient (Wildman–Crippen LogP) is 2.83. The summed E-state index contributed by atoms with van der Waals surface area (Å²) in [6.45, 7) is 0.477. The van der Waals surface area contributed by atoms with Gasteiger partial charge in [0, 0.05) is 23.6 Å². The van der Waals surface area contributed by atoms with Crippen LogP contribution in [0.25, 0.3) is 22.3 Å². The summed E-state index contributed by atoms with van der Waals surface area (Å²) < 4.78 is 13.1. The first kappa shape index (κ1) is 10.9. The van der Waals surface area contributed by atoms with E-state index in [1.165, 1.54) is 12.1 Å². The van der Waals surface area contributed by atoms with E-state index in [1.807, 2.05) is 18.2 Å². The Hall–Kier alpha value is -2.20. The highest BCUT2D eigenvalue weighted by molar-refractivity contribution is 5.85. The Bertz CT molecular complexity index is 686. The lowest BCUT2D eigenvalue weighted by atomic mass is 10.2. The van der Waals surface area contributed by atoms with Gasteiger partial charge in [0.05, 0.1) is 11.4 Å². The Kier molecular flexibility index (Phi) is 2.57. The van der Waals surface area contributed by atoms with Crippen LogP contribution in [0.4, 0.5) is 4.39 Å². The molecule has 0 atom stereocenters. The van der Waals surface area contributed by atoms with Crippen molar-refractivity contribution in [3.05, 3.63) is 54.0 Å². The summed E-state index contributed by atoms with van der Waals surface area (Å²) in [7, 11) is 0. The molecule has 0 aliphatic carbocycles. The van der Waals surface area contributed by atoms with Gasteiger partial charge in [-0.2, -0.15) is 0 Å². The van der Waals surface area contributed by atoms with Gasteiger partial charge in [0.1, 0.15) is 5.82 Å². The Balaban J connectivity index is 2.07. The van der Waals surface area contributed by atoms with Crippen molar-refractivity contribution in [3.63, 3.8) is 0 Å². The summed E-state index contributed by atoms with van der Waals surface area (Å²) in [5.74, 6) is -0.237. The molecule has 0 radical (unpaired) electrons. The van der Waals surface area contributed by atoms with E-state index in [9.17, 15) is 4.39 Å². The van der Waals surface area contributed by atoms with E-state index in [1.54, 1.807) is 12.3 Å². The fraction of sp³-hybridized carbons (Fsp3) is 0.0714. The highest BCUT2D eigenvalue weighted by Crippen LogP contribution is 2.23. The van der Waals surface area contributed by atoms with E-state index in [0.717, 1.165) is 27.9 Å². The number of nitrogens with zero attached hydrogens (tertiary/aromatic N) is 1. The number of nitrogens with one attached hydrogen (secondary N) is 1. The molecule has 3 N–H and O–H groups in total. The molecule has 3 nitrogen and oxygen atoms in total. The molecule has 0 fully saturated rings. The molecule has 0 bridgehead atoms. The van der Waals surface area contributed by atoms with Gasteiger partial charge in [-0.1, -0.05) is 6.07 Å². The normalized spacial score (nSPS) is 11.0. The quantitative estimate of drug-likeness (QED) is 0.724. The van der Waals surface area contributed by atoms with E-state index in [2.05, 4.69) is 9.97 Å². The first-order valence-electron chi connectivity index (χ1n) is 5.70. The van der Waals surface area contributed by atoms with E-state index >= 15 is 0 Å². The third kappa shape index (κ3) is 1.87. The van der Waals surface area contributed by atoms with E-state index < -0.39 is 0 Å². The van der Waals surface area contributed by atoms with Crippen molar-refractivity contribution in [2.45, 2.75) is 6.54 Å². The van der Waals surface area contributed by atoms with E-state index in [-0.39, 0.29) is 5.82 Å². The van der Waals surface area contributed by atoms with Gasteiger partial charge in [0.25, 0.3) is 0 Å². The molecule has 1 aromatic carbocycles. The minimum absolute atomic E-state index is 0.237. The fourth-order valence-corrected chi connectivity index (χ4v) is 1.95. The molecule has 3 aromatic rings. The summed E-state index contributed by atoms with van der Waals surface area (Å²) in [4.78, 5) is 7.55. The monoisotopic (exact) mass is 241 g/mol. The summed E-state index contributed by atoms with van der Waals surface area (Å²) >= 11 is 0. The molecule has 0 amide bonds. The molecule has 0 aliphatic heterocycles. The second kappa shape index (κ2) is 4.23. The maximum absolute atomic E-state index is 13.1. The number of nitrogens with two attached hydrogens (primary N) is 1. The average molecular weight is 241 g/mol. The number of halogens is 1. The van der Waals surface area contributed by atoms with E-state index in [0.29, 0.717) is 6.54 Å². The number of benzene rings is 1. The number of rotatable bonds is 2. The Morgan fingerprint density at radius 2 is 2.06 bits per heavy atom. The lowest BCUT2D eigenvalue weighted by Gasteiger charge is -1.98. The van der Waals surface area contributed by atoms with Crippen molar-refractivity contribution >= 4 is 10.9 Å². The molecule has 0 unspecified atom stereocenters. The van der Waals surface area contributed by atoms with Crippen LogP contribution in [0.2, 0.25) is 0 Å². The lowest BCUT2D eigenvalue weighted by molar-refractivity contribution is 0.630. The van der Waals surface area contributed by atoms with Crippen molar-refractivity contribution in [2.24, 2.45) is 5.73 Å². The molecule has 4 heteroatoms. The standard InChI is InChI=1S/C14H12FN3/c15-11-2-4-12-10(5-11)6-14(18-12)13-3-1-9(7-16)8-17-13/h1-6,8,18H,7,16H2. The van der Waals surface area contributed by atoms with E-state index in [4.69, 9.17) is 5.73 Å². The van der Waals surface area contributed by atoms with Crippen molar-refractivity contribution in [3.8, 4) is 11.4 Å². The van der Waals surface area contributed by atoms with Crippen LogP contribution in [0.5, 0.6) is 0 Å². The van der Waals surface area contributed by atoms with Crippen LogP contribution in [0.1, 0.15) is 5.56 Å². The fourth-order valence-electron chi connectivity index (χ4n) is 1.95. The van der Waals surface area contributed by atoms with Gasteiger partial charge in [-0.3, -0.25) is 4.98 Å². The molecule has 0 aliphatic rings. The number of H-pyrrole nitrogens is 1. The van der Waals surface area contributed by atoms with Gasteiger partial charge in [-0.15, -0.1) is 0 Å². The molecule has 0 saturated heterocycles. The Morgan fingerprint density at radius 1 is 1.17 bits per heavy atom. The molecule has 0 saturated carbocycles. The zero-order valence-corrected chi connectivity index (χ0v) is 9.65. The van der Waals surface area contributed by atoms with Crippen LogP contribution < -0.4 is 5.73 Å². The number of fused-ring (bicyclic) bond motifs is 1. The molecule has 3 rings (SSSR count). The van der Waals surface area contributed by atoms with Gasteiger partial charge in [0.2, 0.25) is 0 Å². The number of aromatic amines is 1. The highest BCUT2D eigenvalue weighted by atomic mass is 19.1. The van der Waals surface area contributed by atoms with Crippen LogP contribution in [0.3, 0.4) is 0 Å². The Morgan fingerprint density at radius 3 is 2.78 bits per heavy atom. The summed E-state index contributed by atoms with van der Waals surface area (Å²) in [5, 5.41) is 0.842. The molecule has 18 heavy (non-hydrogen) atoms. The molecule has 2 heterocycles. The summed E-state index contributed by atoms with van der Waals surface area (Å²) in [6, 6.07) is 10.4. The molecular formula is C14H12FN3. The van der Waals surface area contributed by atoms with Crippen LogP contribution in [0.15, 0.2) is 42.6 Å². The SMILES string of the molecule is NCc1ccc(-c2cc3cc(F)ccc3[nH]2)nc1. The average Bonchev–Trinajstić information content (AvgIpc) is 2.81. The number of hydrogen-bond donors (Lipinski definition) is 2. The molecule has 2 aromatic heterocycles. The number of aromatic nitrogens is 2. The van der Waals surface area contributed by atoms with Crippen LogP contribution in [-0.4, -0.2) is 9.97 Å². The van der Waals surface area contributed by atoms with Gasteiger partial charge in [-0.25, -0.2) is 4.39 Å². The van der Waals surface area contributed by atoms with Gasteiger partial charge in [-0.05, 0) is 35.9 Å². The maximum Gasteiger partial charge on any atom is 0.123 e. The van der Waals surface area contributed by atoms with Crippen molar-refractivity contribution in [2.75, 3.05) is 0 Å². The second-order valence-corrected chi connectivity index (χ2v) is 4.17. The minimum Gasteiger partial charge on any atom is -0.353 e. The molecule has 0 spiro atoms. The zero-order chi connectivity index (χ0) is 12.5. The minimum atomic E-state index is -0.237. The van der Waals surface area contributed by atoms with Gasteiger partial charge >= 0.3 is 0 Å². The smallest absolute Gasteiger partial charge is 0.123 e. The van der Waals surface area contributed by atoms with Gasteiger partial charge in [0.15, 0.2) is 0 Å². The number of pyridine rings is 1. The number of hydrogen-bond acceptors (Lipinski definition) is 2. The van der Waals surface area contributed by atoms with Crippen molar-refractivity contribution in [1.29, 1.82) is 0 Å². The lowest BCUT2D eigenvalue weighted by Crippen LogP contribution is -1.96. The molecule has 90 valence electrons. The first-order valence-corrected chi connectivity index (χ1v) is 5.70. The van der Waals surface area contributed by atoms with Crippen molar-refractivity contribution in [1.82, 2.24) is 9.97 Å². The topological polar surface area (TPSA) is 54.7 Å². The second-order valence-electron chi connectivity index (χ2n) is 4.17. The van der Waals surface area contributed by atoms with Crippen LogP contribution >= 0.6 is 0 Å². The third-order valence-electron chi connectivity index (χ3n) is 2.92. The predicted molar refractivity (Wildman–Crippen MR) is 69.4 cm³/mol. The first-order chi connectivity index (χ1) is 8.76. The van der Waals surface area contributed by atoms with Crippen LogP contribution in [-0.2, 0) is 6.54 Å². The zero-order valence-electron chi connectivity index (χ0n) is 9.65. The molecular weight excluding hydrogens is 229 g/mol. The third-order valence-corrected chi connectivity index (χ3v) is 2.92. The maximum atomic E-state index is 13.1. The largest absolute Gasteiger partial charge is 0.353 e. The highest BCUT2D eigenvalue weighted by Gasteiger charge is 2.05. The summed E-state index contributed by atoms with van der Waals surface area (Å²) in [6.07, 6.45) is 1.75. The summed E-state index contributed by atoms with van der Waals surface area (Å²) in [5.41, 5.74) is 9.11. The van der Waals surface area contributed by atoms with Crippen molar-refractivity contribution < 1.29 is 4.39 Å². The Labute approximate surface area is 103 Å². The van der Waals surface area contributed by atoms with Gasteiger partial charge < -0.3 is 10.7 Å². The van der Waals surface area contributed by atoms with Crippen LogP contribution in [0, 0.1) is 5.82 Å².